The van der Waals surface area contributed by atoms with Gasteiger partial charge in [0.15, 0.2) is 0 Å². The van der Waals surface area contributed by atoms with Gasteiger partial charge in [0, 0.05) is 11.6 Å². The van der Waals surface area contributed by atoms with Crippen LogP contribution in [0, 0.1) is 0 Å². The number of sulfonamides is 1. The molecule has 12 heteroatoms. The summed E-state index contributed by atoms with van der Waals surface area (Å²) in [7, 11) is -4.71. The van der Waals surface area contributed by atoms with Crippen molar-refractivity contribution in [2.75, 3.05) is 13.1 Å². The van der Waals surface area contributed by atoms with E-state index in [0.29, 0.717) is 6.42 Å². The molecule has 0 unspecified atom stereocenters. The third-order valence-corrected chi connectivity index (χ3v) is 9.16. The lowest BCUT2D eigenvalue weighted by molar-refractivity contribution is -0.158. The average molecular weight is 593 g/mol. The summed E-state index contributed by atoms with van der Waals surface area (Å²) in [6.45, 7) is 3.00. The van der Waals surface area contributed by atoms with Crippen LogP contribution in [0.5, 0.6) is 0 Å². The summed E-state index contributed by atoms with van der Waals surface area (Å²) in [6.07, 6.45) is -0.268. The summed E-state index contributed by atoms with van der Waals surface area (Å²) >= 11 is 11.7. The summed E-state index contributed by atoms with van der Waals surface area (Å²) in [5, 5.41) is 2.40. The molecule has 2 aromatic rings. The molecule has 1 amide bonds. The smallest absolute Gasteiger partial charge is 0.349 e. The van der Waals surface area contributed by atoms with Crippen molar-refractivity contribution in [2.24, 2.45) is 0 Å². The van der Waals surface area contributed by atoms with Crippen LogP contribution in [0.3, 0.4) is 0 Å². The molecule has 4 rings (SSSR count). The van der Waals surface area contributed by atoms with Gasteiger partial charge in [-0.1, -0.05) is 47.8 Å². The minimum Gasteiger partial charge on any atom is -0.349 e. The number of fused-ring (bicyclic) bond motifs is 1. The fourth-order valence-electron chi connectivity index (χ4n) is 5.09. The van der Waals surface area contributed by atoms with Crippen molar-refractivity contribution < 1.29 is 26.4 Å². The van der Waals surface area contributed by atoms with Crippen molar-refractivity contribution in [1.29, 1.82) is 0 Å². The van der Waals surface area contributed by atoms with Gasteiger partial charge >= 0.3 is 6.18 Å². The maximum absolute atomic E-state index is 13.8. The van der Waals surface area contributed by atoms with Gasteiger partial charge in [-0.05, 0) is 80.1 Å². The fraction of sp³-hybridized carbons (Fsp3) is 0.500. The molecule has 208 valence electrons. The molecule has 1 aliphatic heterocycles. The lowest BCUT2D eigenvalue weighted by Crippen LogP contribution is -2.48. The third-order valence-electron chi connectivity index (χ3n) is 6.98. The Hall–Kier alpha value is -1.85. The molecule has 2 atom stereocenters. The number of hydrogen-bond acceptors (Lipinski definition) is 4. The largest absolute Gasteiger partial charge is 0.405 e. The highest BCUT2D eigenvalue weighted by Gasteiger charge is 2.44. The lowest BCUT2D eigenvalue weighted by atomic mass is 9.86. The number of piperidine rings is 1. The maximum atomic E-state index is 13.8. The molecule has 2 aliphatic rings. The van der Waals surface area contributed by atoms with Gasteiger partial charge in [-0.2, -0.15) is 17.9 Å². The zero-order chi connectivity index (χ0) is 27.5. The summed E-state index contributed by atoms with van der Waals surface area (Å²) in [5.74, 6) is -0.901. The molecule has 1 saturated heterocycles. The van der Waals surface area contributed by atoms with E-state index < -0.39 is 45.5 Å². The molecule has 0 bridgehead atoms. The standard InChI is InChI=1S/C26H30Cl2F3N3O3S/c27-19-8-10-21(28)23(14-19)38(36,37)33-24(26(29,30)31)15-25(35)32-22-6-4-5-18-13-17(7-9-20(18)22)16-34-11-2-1-3-12-34/h7-10,13-14,22,24,33H,1-6,11-12,15-16H2,(H,32,35)/t22-,24+/m1/s1. The van der Waals surface area contributed by atoms with Crippen molar-refractivity contribution in [2.45, 2.75) is 74.6 Å². The molecule has 2 N–H and O–H groups in total. The third kappa shape index (κ3) is 7.41. The van der Waals surface area contributed by atoms with Gasteiger partial charge in [-0.15, -0.1) is 0 Å². The van der Waals surface area contributed by atoms with E-state index in [1.165, 1.54) is 37.0 Å². The summed E-state index contributed by atoms with van der Waals surface area (Å²) in [6, 6.07) is 6.45. The topological polar surface area (TPSA) is 78.5 Å². The van der Waals surface area contributed by atoms with Crippen molar-refractivity contribution in [3.8, 4) is 0 Å². The SMILES string of the molecule is O=C(C[C@H](NS(=O)(=O)c1cc(Cl)ccc1Cl)C(F)(F)F)N[C@@H]1CCCc2cc(CN3CCCCC3)ccc21. The van der Waals surface area contributed by atoms with Crippen molar-refractivity contribution in [1.82, 2.24) is 14.9 Å². The van der Waals surface area contributed by atoms with E-state index in [2.05, 4.69) is 16.3 Å². The first kappa shape index (κ1) is 29.1. The molecular weight excluding hydrogens is 562 g/mol. The van der Waals surface area contributed by atoms with Crippen LogP contribution in [-0.2, 0) is 27.8 Å². The normalized spacial score (nSPS) is 19.6. The molecule has 1 fully saturated rings. The quantitative estimate of drug-likeness (QED) is 0.408. The molecule has 1 heterocycles. The fourth-order valence-corrected chi connectivity index (χ4v) is 7.07. The second-order valence-electron chi connectivity index (χ2n) is 9.88. The number of aryl methyl sites for hydroxylation is 1. The lowest BCUT2D eigenvalue weighted by Gasteiger charge is -2.30. The zero-order valence-corrected chi connectivity index (χ0v) is 23.0. The number of nitrogens with one attached hydrogen (secondary N) is 2. The van der Waals surface area contributed by atoms with Crippen LogP contribution in [0.15, 0.2) is 41.3 Å². The van der Waals surface area contributed by atoms with Crippen LogP contribution < -0.4 is 10.0 Å². The Morgan fingerprint density at radius 2 is 1.79 bits per heavy atom. The van der Waals surface area contributed by atoms with Crippen LogP contribution in [-0.4, -0.2) is 44.5 Å². The first-order valence-electron chi connectivity index (χ1n) is 12.6. The Balaban J connectivity index is 1.44. The van der Waals surface area contributed by atoms with Crippen LogP contribution in [0.4, 0.5) is 13.2 Å². The van der Waals surface area contributed by atoms with E-state index in [1.54, 1.807) is 4.72 Å². The number of rotatable bonds is 8. The number of hydrogen-bond donors (Lipinski definition) is 2. The first-order valence-corrected chi connectivity index (χ1v) is 14.8. The van der Waals surface area contributed by atoms with E-state index in [-0.39, 0.29) is 10.0 Å². The Bertz CT molecular complexity index is 1270. The van der Waals surface area contributed by atoms with Gasteiger partial charge < -0.3 is 5.32 Å². The van der Waals surface area contributed by atoms with Crippen LogP contribution in [0.1, 0.15) is 61.3 Å². The van der Waals surface area contributed by atoms with Gasteiger partial charge in [0.05, 0.1) is 17.5 Å². The molecule has 1 aliphatic carbocycles. The Morgan fingerprint density at radius 3 is 2.50 bits per heavy atom. The number of carbonyl (C=O) groups excluding carboxylic acids is 1. The molecule has 2 aromatic carbocycles. The van der Waals surface area contributed by atoms with E-state index in [1.807, 2.05) is 12.1 Å². The molecule has 38 heavy (non-hydrogen) atoms. The van der Waals surface area contributed by atoms with Crippen molar-refractivity contribution in [3.63, 3.8) is 0 Å². The number of benzene rings is 2. The summed E-state index contributed by atoms with van der Waals surface area (Å²) < 4.78 is 68.3. The highest BCUT2D eigenvalue weighted by molar-refractivity contribution is 7.89. The number of nitrogens with zero attached hydrogens (tertiary/aromatic N) is 1. The summed E-state index contributed by atoms with van der Waals surface area (Å²) in [5.41, 5.74) is 3.16. The Labute approximate surface area is 230 Å². The van der Waals surface area contributed by atoms with Crippen molar-refractivity contribution in [3.05, 3.63) is 63.1 Å². The number of carbonyl (C=O) groups is 1. The van der Waals surface area contributed by atoms with E-state index in [0.717, 1.165) is 49.7 Å². The predicted molar refractivity (Wildman–Crippen MR) is 141 cm³/mol. The van der Waals surface area contributed by atoms with E-state index >= 15 is 0 Å². The van der Waals surface area contributed by atoms with E-state index in [9.17, 15) is 26.4 Å². The van der Waals surface area contributed by atoms with Crippen LogP contribution in [0.25, 0.3) is 0 Å². The molecular formula is C26H30Cl2F3N3O3S. The number of alkyl halides is 3. The average Bonchev–Trinajstić information content (AvgIpc) is 2.85. The monoisotopic (exact) mass is 591 g/mol. The number of halogens is 5. The van der Waals surface area contributed by atoms with Gasteiger partial charge in [0.1, 0.15) is 10.9 Å². The minimum atomic E-state index is -5.01. The van der Waals surface area contributed by atoms with Crippen LogP contribution >= 0.6 is 23.2 Å². The van der Waals surface area contributed by atoms with Crippen LogP contribution in [0.2, 0.25) is 10.0 Å². The maximum Gasteiger partial charge on any atom is 0.405 e. The minimum absolute atomic E-state index is 0.00822. The van der Waals surface area contributed by atoms with Gasteiger partial charge in [-0.25, -0.2) is 8.42 Å². The zero-order valence-electron chi connectivity index (χ0n) is 20.7. The number of amides is 1. The van der Waals surface area contributed by atoms with E-state index in [4.69, 9.17) is 23.2 Å². The first-order chi connectivity index (χ1) is 17.9. The van der Waals surface area contributed by atoms with Gasteiger partial charge in [0.25, 0.3) is 0 Å². The molecule has 0 radical (unpaired) electrons. The Kier molecular flexibility index (Phi) is 9.30. The number of likely N-dealkylation sites (tertiary alicyclic amines) is 1. The molecule has 6 nitrogen and oxygen atoms in total. The second kappa shape index (κ2) is 12.1. The van der Waals surface area contributed by atoms with Crippen molar-refractivity contribution >= 4 is 39.1 Å². The second-order valence-corrected chi connectivity index (χ2v) is 12.4. The van der Waals surface area contributed by atoms with Gasteiger partial charge in [0.2, 0.25) is 15.9 Å². The van der Waals surface area contributed by atoms with Gasteiger partial charge in [-0.3, -0.25) is 9.69 Å². The highest BCUT2D eigenvalue weighted by Crippen LogP contribution is 2.32. The Morgan fingerprint density at radius 1 is 1.05 bits per heavy atom. The summed E-state index contributed by atoms with van der Waals surface area (Å²) in [4.78, 5) is 14.6. The highest BCUT2D eigenvalue weighted by atomic mass is 35.5. The molecule has 0 spiro atoms. The predicted octanol–water partition coefficient (Wildman–Crippen LogP) is 5.77. The molecule has 0 saturated carbocycles. The molecule has 0 aromatic heterocycles.